The first-order valence-corrected chi connectivity index (χ1v) is 8.90. The van der Waals surface area contributed by atoms with Gasteiger partial charge in [0.2, 0.25) is 3.79 Å². The highest BCUT2D eigenvalue weighted by Gasteiger charge is 2.41. The molecule has 1 aliphatic heterocycles. The molecule has 0 bridgehead atoms. The van der Waals surface area contributed by atoms with E-state index in [1.807, 2.05) is 35.6 Å². The molecule has 106 valence electrons. The Bertz CT molecular complexity index is 528. The zero-order chi connectivity index (χ0) is 14.1. The van der Waals surface area contributed by atoms with Crippen molar-refractivity contribution >= 4 is 44.6 Å². The van der Waals surface area contributed by atoms with Crippen molar-refractivity contribution in [1.82, 2.24) is 0 Å². The number of rotatable bonds is 3. The average molecular weight is 344 g/mol. The van der Waals surface area contributed by atoms with Crippen LogP contribution >= 0.6 is 34.8 Å². The van der Waals surface area contributed by atoms with Gasteiger partial charge in [-0.1, -0.05) is 65.1 Å². The molecule has 2 atom stereocenters. The van der Waals surface area contributed by atoms with Crippen LogP contribution in [0.1, 0.15) is 18.0 Å². The van der Waals surface area contributed by atoms with Crippen LogP contribution in [0.4, 0.5) is 0 Å². The van der Waals surface area contributed by atoms with Gasteiger partial charge < -0.3 is 5.32 Å². The number of nitrogens with two attached hydrogens (primary N) is 1. The fourth-order valence-corrected chi connectivity index (χ4v) is 4.67. The number of halogens is 3. The van der Waals surface area contributed by atoms with Gasteiger partial charge in [0.05, 0.1) is 5.75 Å². The number of benzene rings is 1. The van der Waals surface area contributed by atoms with Gasteiger partial charge in [-0.15, -0.1) is 0 Å². The molecule has 1 aromatic carbocycles. The Morgan fingerprint density at radius 2 is 1.84 bits per heavy atom. The highest BCUT2D eigenvalue weighted by atomic mass is 35.6. The molecule has 1 heterocycles. The minimum Gasteiger partial charge on any atom is -0.333 e. The topological polar surface area (TPSA) is 50.8 Å². The Labute approximate surface area is 128 Å². The van der Waals surface area contributed by atoms with E-state index in [9.17, 15) is 8.42 Å². The number of alkyl halides is 3. The van der Waals surface area contributed by atoms with Gasteiger partial charge in [-0.2, -0.15) is 0 Å². The Morgan fingerprint density at radius 1 is 1.21 bits per heavy atom. The summed E-state index contributed by atoms with van der Waals surface area (Å²) in [7, 11) is -2.93. The molecule has 0 aliphatic carbocycles. The lowest BCUT2D eigenvalue weighted by atomic mass is 10.1. The van der Waals surface area contributed by atoms with E-state index >= 15 is 0 Å². The second kappa shape index (κ2) is 5.78. The molecule has 1 aromatic rings. The second-order valence-corrected chi connectivity index (χ2v) is 9.38. The smallest absolute Gasteiger partial charge is 0.246 e. The van der Waals surface area contributed by atoms with E-state index in [-0.39, 0.29) is 17.5 Å². The molecular formula is C12H15Cl3NO2S+. The summed E-state index contributed by atoms with van der Waals surface area (Å²) in [6.45, 7) is 0. The van der Waals surface area contributed by atoms with Gasteiger partial charge >= 0.3 is 0 Å². The van der Waals surface area contributed by atoms with Crippen molar-refractivity contribution in [1.29, 1.82) is 0 Å². The second-order valence-electron chi connectivity index (χ2n) is 4.79. The molecule has 0 aromatic heterocycles. The van der Waals surface area contributed by atoms with E-state index in [1.54, 1.807) is 0 Å². The first kappa shape index (κ1) is 15.4. The maximum atomic E-state index is 11.5. The minimum atomic E-state index is -2.93. The van der Waals surface area contributed by atoms with Crippen molar-refractivity contribution in [3.63, 3.8) is 0 Å². The summed E-state index contributed by atoms with van der Waals surface area (Å²) < 4.78 is 21.5. The zero-order valence-electron chi connectivity index (χ0n) is 10.1. The van der Waals surface area contributed by atoms with E-state index in [1.165, 1.54) is 0 Å². The van der Waals surface area contributed by atoms with E-state index in [2.05, 4.69) is 0 Å². The third kappa shape index (κ3) is 4.23. The molecule has 0 spiro atoms. The molecule has 0 radical (unpaired) electrons. The van der Waals surface area contributed by atoms with E-state index in [0.29, 0.717) is 6.42 Å². The predicted molar refractivity (Wildman–Crippen MR) is 78.5 cm³/mol. The average Bonchev–Trinajstić information content (AvgIpc) is 2.65. The first-order valence-electron chi connectivity index (χ1n) is 5.95. The molecular weight excluding hydrogens is 329 g/mol. The Morgan fingerprint density at radius 3 is 2.32 bits per heavy atom. The summed E-state index contributed by atoms with van der Waals surface area (Å²) in [6, 6.07) is 8.94. The molecule has 0 amide bonds. The van der Waals surface area contributed by atoms with Crippen molar-refractivity contribution in [2.24, 2.45) is 0 Å². The number of quaternary nitrogens is 1. The van der Waals surface area contributed by atoms with Gasteiger partial charge in [-0.25, -0.2) is 8.42 Å². The predicted octanol–water partition coefficient (Wildman–Crippen LogP) is 1.85. The van der Waals surface area contributed by atoms with Crippen molar-refractivity contribution in [3.05, 3.63) is 35.9 Å². The maximum absolute atomic E-state index is 11.5. The van der Waals surface area contributed by atoms with Gasteiger partial charge in [0.1, 0.15) is 11.8 Å². The van der Waals surface area contributed by atoms with Crippen LogP contribution in [0.25, 0.3) is 0 Å². The summed E-state index contributed by atoms with van der Waals surface area (Å²) in [5, 5.41) is 1.87. The van der Waals surface area contributed by atoms with Crippen molar-refractivity contribution in [2.75, 3.05) is 11.5 Å². The molecule has 2 N–H and O–H groups in total. The molecule has 1 saturated heterocycles. The molecule has 2 rings (SSSR count). The summed E-state index contributed by atoms with van der Waals surface area (Å²) in [6.07, 6.45) is 0.604. The van der Waals surface area contributed by atoms with Gasteiger partial charge in [-0.3, -0.25) is 0 Å². The lowest BCUT2D eigenvalue weighted by Crippen LogP contribution is -2.93. The molecule has 0 unspecified atom stereocenters. The van der Waals surface area contributed by atoms with Crippen LogP contribution in [0.5, 0.6) is 0 Å². The van der Waals surface area contributed by atoms with Crippen LogP contribution < -0.4 is 5.32 Å². The van der Waals surface area contributed by atoms with Crippen LogP contribution in [0.15, 0.2) is 30.3 Å². The molecule has 3 nitrogen and oxygen atoms in total. The van der Waals surface area contributed by atoms with Crippen LogP contribution in [0.3, 0.4) is 0 Å². The molecule has 1 aliphatic rings. The Kier molecular flexibility index (Phi) is 4.68. The number of hydrogen-bond acceptors (Lipinski definition) is 2. The third-order valence-corrected chi connectivity index (χ3v) is 5.74. The minimum absolute atomic E-state index is 0.0502. The van der Waals surface area contributed by atoms with Gasteiger partial charge in [0.25, 0.3) is 0 Å². The third-order valence-electron chi connectivity index (χ3n) is 3.24. The van der Waals surface area contributed by atoms with E-state index in [4.69, 9.17) is 34.8 Å². The van der Waals surface area contributed by atoms with Crippen LogP contribution in [0, 0.1) is 0 Å². The van der Waals surface area contributed by atoms with E-state index < -0.39 is 19.7 Å². The van der Waals surface area contributed by atoms with Gasteiger partial charge in [-0.05, 0) is 0 Å². The summed E-state index contributed by atoms with van der Waals surface area (Å²) in [5.74, 6) is 0.368. The fraction of sp³-hybridized carbons (Fsp3) is 0.500. The molecule has 7 heteroatoms. The highest BCUT2D eigenvalue weighted by Crippen LogP contribution is 2.37. The lowest BCUT2D eigenvalue weighted by Gasteiger charge is -2.25. The van der Waals surface area contributed by atoms with E-state index in [0.717, 1.165) is 5.56 Å². The summed E-state index contributed by atoms with van der Waals surface area (Å²) in [5.41, 5.74) is 0.881. The largest absolute Gasteiger partial charge is 0.333 e. The standard InChI is InChI=1S/C12H14Cl3NO2S/c13-12(14,15)11(9-4-2-1-3-5-9)16-10-6-7-19(17,18)8-10/h1-5,10-11,16H,6-8H2/p+1/t10-,11+/m1/s1. The summed E-state index contributed by atoms with van der Waals surface area (Å²) >= 11 is 18.1. The van der Waals surface area contributed by atoms with Crippen LogP contribution in [-0.2, 0) is 9.84 Å². The van der Waals surface area contributed by atoms with Crippen molar-refractivity contribution in [2.45, 2.75) is 22.3 Å². The monoisotopic (exact) mass is 342 g/mol. The first-order chi connectivity index (χ1) is 8.78. The normalized spacial score (nSPS) is 24.3. The lowest BCUT2D eigenvalue weighted by molar-refractivity contribution is -0.722. The Balaban J connectivity index is 2.17. The van der Waals surface area contributed by atoms with Crippen LogP contribution in [-0.4, -0.2) is 29.8 Å². The number of hydrogen-bond donors (Lipinski definition) is 1. The molecule has 1 fully saturated rings. The molecule has 0 saturated carbocycles. The van der Waals surface area contributed by atoms with Crippen molar-refractivity contribution in [3.8, 4) is 0 Å². The fourth-order valence-electron chi connectivity index (χ4n) is 2.32. The maximum Gasteiger partial charge on any atom is 0.246 e. The SMILES string of the molecule is O=S1(=O)CC[C@@H]([NH2+][C@@H](c2ccccc2)C(Cl)(Cl)Cl)C1. The van der Waals surface area contributed by atoms with Gasteiger partial charge in [0.15, 0.2) is 15.9 Å². The molecule has 19 heavy (non-hydrogen) atoms. The van der Waals surface area contributed by atoms with Crippen LogP contribution in [0.2, 0.25) is 0 Å². The van der Waals surface area contributed by atoms with Crippen molar-refractivity contribution < 1.29 is 13.7 Å². The zero-order valence-corrected chi connectivity index (χ0v) is 13.2. The Hall–Kier alpha value is -0.000000000000000111. The quantitative estimate of drug-likeness (QED) is 0.852. The number of sulfone groups is 1. The summed E-state index contributed by atoms with van der Waals surface area (Å²) in [4.78, 5) is 0. The highest BCUT2D eigenvalue weighted by molar-refractivity contribution is 7.91. The van der Waals surface area contributed by atoms with Gasteiger partial charge in [0, 0.05) is 12.0 Å².